The Bertz CT molecular complexity index is 173. The maximum Gasteiger partial charge on any atom is 0.198 e. The predicted octanol–water partition coefficient (Wildman–Crippen LogP) is 3.29. The number of hydrogen-bond acceptors (Lipinski definition) is 2. The largest absolute Gasteiger partial charge is 0.291 e. The minimum atomic E-state index is -0.210. The van der Waals surface area contributed by atoms with E-state index in [2.05, 4.69) is 6.92 Å². The monoisotopic (exact) mass is 198 g/mol. The molecule has 0 aliphatic heterocycles. The van der Waals surface area contributed by atoms with Crippen LogP contribution in [0.1, 0.15) is 65.2 Å². The smallest absolute Gasteiger partial charge is 0.198 e. The van der Waals surface area contributed by atoms with Crippen molar-refractivity contribution in [1.29, 1.82) is 0 Å². The van der Waals surface area contributed by atoms with Crippen LogP contribution >= 0.6 is 0 Å². The van der Waals surface area contributed by atoms with Gasteiger partial charge >= 0.3 is 0 Å². The van der Waals surface area contributed by atoms with Crippen molar-refractivity contribution in [2.24, 2.45) is 0 Å². The van der Waals surface area contributed by atoms with Crippen molar-refractivity contribution in [2.45, 2.75) is 65.2 Å². The third kappa shape index (κ3) is 6.81. The summed E-state index contributed by atoms with van der Waals surface area (Å²) in [7, 11) is 0. The fourth-order valence-corrected chi connectivity index (χ4v) is 1.40. The molecule has 82 valence electrons. The molecular formula is C12H22O2. The molecule has 14 heavy (non-hydrogen) atoms. The third-order valence-electron chi connectivity index (χ3n) is 2.39. The Kier molecular flexibility index (Phi) is 8.50. The fraction of sp³-hybridized carbons (Fsp3) is 0.833. The van der Waals surface area contributed by atoms with Crippen LogP contribution in [0, 0.1) is 0 Å². The van der Waals surface area contributed by atoms with Crippen molar-refractivity contribution in [3.8, 4) is 0 Å². The van der Waals surface area contributed by atoms with E-state index in [1.807, 2.05) is 0 Å². The van der Waals surface area contributed by atoms with Gasteiger partial charge in [-0.15, -0.1) is 0 Å². The zero-order chi connectivity index (χ0) is 10.8. The van der Waals surface area contributed by atoms with Crippen molar-refractivity contribution >= 4 is 11.6 Å². The predicted molar refractivity (Wildman–Crippen MR) is 58.3 cm³/mol. The molecule has 0 radical (unpaired) electrons. The SMILES string of the molecule is CCCCCCCCC(=O)C(=O)CC. The summed E-state index contributed by atoms with van der Waals surface area (Å²) >= 11 is 0. The Morgan fingerprint density at radius 3 is 1.93 bits per heavy atom. The van der Waals surface area contributed by atoms with E-state index >= 15 is 0 Å². The van der Waals surface area contributed by atoms with Gasteiger partial charge in [0.2, 0.25) is 0 Å². The summed E-state index contributed by atoms with van der Waals surface area (Å²) in [5.74, 6) is -0.387. The Morgan fingerprint density at radius 2 is 1.36 bits per heavy atom. The van der Waals surface area contributed by atoms with Gasteiger partial charge in [-0.05, 0) is 6.42 Å². The van der Waals surface area contributed by atoms with Crippen molar-refractivity contribution < 1.29 is 9.59 Å². The van der Waals surface area contributed by atoms with Crippen LogP contribution in [0.5, 0.6) is 0 Å². The lowest BCUT2D eigenvalue weighted by Gasteiger charge is -1.99. The van der Waals surface area contributed by atoms with Crippen LogP contribution in [-0.4, -0.2) is 11.6 Å². The summed E-state index contributed by atoms with van der Waals surface area (Å²) in [5.41, 5.74) is 0. The molecule has 0 aliphatic rings. The van der Waals surface area contributed by atoms with Gasteiger partial charge in [-0.25, -0.2) is 0 Å². The quantitative estimate of drug-likeness (QED) is 0.421. The number of hydrogen-bond donors (Lipinski definition) is 0. The van der Waals surface area contributed by atoms with Gasteiger partial charge in [0.15, 0.2) is 11.6 Å². The van der Waals surface area contributed by atoms with Crippen LogP contribution in [0.4, 0.5) is 0 Å². The molecule has 0 unspecified atom stereocenters. The molecule has 0 saturated carbocycles. The number of unbranched alkanes of at least 4 members (excludes halogenated alkanes) is 5. The highest BCUT2D eigenvalue weighted by Gasteiger charge is 2.09. The topological polar surface area (TPSA) is 34.1 Å². The molecule has 0 aromatic rings. The molecule has 2 nitrogen and oxygen atoms in total. The van der Waals surface area contributed by atoms with Crippen molar-refractivity contribution in [2.75, 3.05) is 0 Å². The summed E-state index contributed by atoms with van der Waals surface area (Å²) in [6.07, 6.45) is 7.76. The van der Waals surface area contributed by atoms with Crippen LogP contribution in [-0.2, 0) is 9.59 Å². The second-order valence-electron chi connectivity index (χ2n) is 3.72. The molecule has 0 aromatic heterocycles. The van der Waals surface area contributed by atoms with Gasteiger partial charge in [0.1, 0.15) is 0 Å². The summed E-state index contributed by atoms with van der Waals surface area (Å²) in [6, 6.07) is 0. The molecule has 0 heterocycles. The lowest BCUT2D eigenvalue weighted by atomic mass is 10.1. The molecule has 0 amide bonds. The van der Waals surface area contributed by atoms with Crippen LogP contribution in [0.2, 0.25) is 0 Å². The number of ketones is 2. The summed E-state index contributed by atoms with van der Waals surface area (Å²) in [4.78, 5) is 22.0. The van der Waals surface area contributed by atoms with Crippen molar-refractivity contribution in [1.82, 2.24) is 0 Å². The minimum Gasteiger partial charge on any atom is -0.291 e. The maximum absolute atomic E-state index is 11.1. The van der Waals surface area contributed by atoms with E-state index in [4.69, 9.17) is 0 Å². The second-order valence-corrected chi connectivity index (χ2v) is 3.72. The van der Waals surface area contributed by atoms with Gasteiger partial charge in [0.05, 0.1) is 0 Å². The highest BCUT2D eigenvalue weighted by Crippen LogP contribution is 2.07. The molecule has 0 bridgehead atoms. The average Bonchev–Trinajstić information content (AvgIpc) is 2.21. The number of rotatable bonds is 9. The number of Topliss-reactive ketones (excluding diaryl/α,β-unsaturated/α-hetero) is 2. The number of carbonyl (C=O) groups is 2. The lowest BCUT2D eigenvalue weighted by Crippen LogP contribution is -2.11. The summed E-state index contributed by atoms with van der Waals surface area (Å²) in [5, 5.41) is 0. The Labute approximate surface area is 87.1 Å². The van der Waals surface area contributed by atoms with Gasteiger partial charge in [0.25, 0.3) is 0 Å². The molecule has 0 aromatic carbocycles. The molecule has 0 saturated heterocycles. The van der Waals surface area contributed by atoms with Gasteiger partial charge in [-0.3, -0.25) is 9.59 Å². The fourth-order valence-electron chi connectivity index (χ4n) is 1.40. The molecule has 0 rings (SSSR count). The van der Waals surface area contributed by atoms with E-state index < -0.39 is 0 Å². The zero-order valence-electron chi connectivity index (χ0n) is 9.47. The zero-order valence-corrected chi connectivity index (χ0v) is 9.47. The highest BCUT2D eigenvalue weighted by molar-refractivity contribution is 6.37. The molecule has 0 atom stereocenters. The van der Waals surface area contributed by atoms with Crippen LogP contribution in [0.25, 0.3) is 0 Å². The first-order chi connectivity index (χ1) is 6.72. The minimum absolute atomic E-state index is 0.178. The third-order valence-corrected chi connectivity index (χ3v) is 2.39. The maximum atomic E-state index is 11.1. The van der Waals surface area contributed by atoms with E-state index in [9.17, 15) is 9.59 Å². The molecule has 2 heteroatoms. The van der Waals surface area contributed by atoms with Gasteiger partial charge in [0, 0.05) is 12.8 Å². The second kappa shape index (κ2) is 8.92. The molecule has 0 fully saturated rings. The standard InChI is InChI=1S/C12H22O2/c1-3-5-6-7-8-9-10-12(14)11(13)4-2/h3-10H2,1-2H3. The van der Waals surface area contributed by atoms with Crippen molar-refractivity contribution in [3.63, 3.8) is 0 Å². The van der Waals surface area contributed by atoms with E-state index in [1.54, 1.807) is 6.92 Å². The van der Waals surface area contributed by atoms with E-state index in [0.717, 1.165) is 12.8 Å². The molecular weight excluding hydrogens is 176 g/mol. The van der Waals surface area contributed by atoms with E-state index in [1.165, 1.54) is 25.7 Å². The Balaban J connectivity index is 3.27. The van der Waals surface area contributed by atoms with Crippen LogP contribution in [0.3, 0.4) is 0 Å². The summed E-state index contributed by atoms with van der Waals surface area (Å²) in [6.45, 7) is 3.92. The Morgan fingerprint density at radius 1 is 0.786 bits per heavy atom. The van der Waals surface area contributed by atoms with Crippen LogP contribution in [0.15, 0.2) is 0 Å². The van der Waals surface area contributed by atoms with Crippen LogP contribution < -0.4 is 0 Å². The highest BCUT2D eigenvalue weighted by atomic mass is 16.2. The van der Waals surface area contributed by atoms with Crippen molar-refractivity contribution in [3.05, 3.63) is 0 Å². The first-order valence-corrected chi connectivity index (χ1v) is 5.78. The Hall–Kier alpha value is -0.660. The van der Waals surface area contributed by atoms with E-state index in [-0.39, 0.29) is 11.6 Å². The lowest BCUT2D eigenvalue weighted by molar-refractivity contribution is -0.136. The van der Waals surface area contributed by atoms with E-state index in [0.29, 0.717) is 12.8 Å². The normalized spacial score (nSPS) is 10.1. The molecule has 0 spiro atoms. The summed E-state index contributed by atoms with van der Waals surface area (Å²) < 4.78 is 0. The molecule has 0 aliphatic carbocycles. The van der Waals surface area contributed by atoms with Gasteiger partial charge in [-0.2, -0.15) is 0 Å². The first kappa shape index (κ1) is 13.3. The first-order valence-electron chi connectivity index (χ1n) is 5.78. The molecule has 0 N–H and O–H groups in total. The average molecular weight is 198 g/mol. The number of carbonyl (C=O) groups excluding carboxylic acids is 2. The van der Waals surface area contributed by atoms with Gasteiger partial charge < -0.3 is 0 Å². The van der Waals surface area contributed by atoms with Gasteiger partial charge in [-0.1, -0.05) is 46.0 Å².